The van der Waals surface area contributed by atoms with Crippen molar-refractivity contribution in [1.82, 2.24) is 4.98 Å². The van der Waals surface area contributed by atoms with Gasteiger partial charge in [-0.05, 0) is 12.8 Å². The molecule has 1 aromatic rings. The van der Waals surface area contributed by atoms with Gasteiger partial charge in [-0.25, -0.2) is 9.78 Å². The molecule has 0 aliphatic heterocycles. The van der Waals surface area contributed by atoms with Crippen LogP contribution in [-0.2, 0) is 17.6 Å². The van der Waals surface area contributed by atoms with Crippen LogP contribution >= 0.6 is 0 Å². The lowest BCUT2D eigenvalue weighted by Gasteiger charge is -1.94. The number of aromatic carboxylic acids is 1. The Bertz CT molecular complexity index is 332. The highest BCUT2D eigenvalue weighted by molar-refractivity contribution is 5.85. The van der Waals surface area contributed by atoms with Crippen molar-refractivity contribution in [2.45, 2.75) is 26.2 Å². The third kappa shape index (κ3) is 3.06. The maximum absolute atomic E-state index is 10.8. The number of hydrogen-bond acceptors (Lipinski definition) is 4. The zero-order valence-corrected chi connectivity index (χ0v) is 8.95. The Morgan fingerprint density at radius 2 is 2.33 bits per heavy atom. The summed E-state index contributed by atoms with van der Waals surface area (Å²) < 4.78 is 10.0. The van der Waals surface area contributed by atoms with Crippen LogP contribution in [0.25, 0.3) is 0 Å². The van der Waals surface area contributed by atoms with E-state index < -0.39 is 5.97 Å². The average Bonchev–Trinajstić information content (AvgIpc) is 2.62. The molecule has 0 atom stereocenters. The number of carbonyl (C=O) groups is 1. The molecule has 15 heavy (non-hydrogen) atoms. The van der Waals surface area contributed by atoms with Crippen LogP contribution in [0.4, 0.5) is 0 Å². The Kier molecular flexibility index (Phi) is 4.30. The minimum Gasteiger partial charge on any atom is -0.475 e. The summed E-state index contributed by atoms with van der Waals surface area (Å²) in [4.78, 5) is 14.9. The number of aryl methyl sites for hydroxylation is 2. The van der Waals surface area contributed by atoms with Crippen LogP contribution in [0.5, 0.6) is 0 Å². The van der Waals surface area contributed by atoms with Gasteiger partial charge in [0, 0.05) is 20.1 Å². The van der Waals surface area contributed by atoms with Crippen LogP contribution in [0.15, 0.2) is 4.42 Å². The molecule has 0 spiro atoms. The number of ether oxygens (including phenoxy) is 1. The smallest absolute Gasteiger partial charge is 0.373 e. The number of carboxylic acids is 1. The zero-order valence-electron chi connectivity index (χ0n) is 8.95. The second kappa shape index (κ2) is 5.50. The van der Waals surface area contributed by atoms with Gasteiger partial charge in [0.25, 0.3) is 0 Å². The second-order valence-corrected chi connectivity index (χ2v) is 3.14. The van der Waals surface area contributed by atoms with Crippen molar-refractivity contribution in [2.24, 2.45) is 0 Å². The Hall–Kier alpha value is -1.36. The van der Waals surface area contributed by atoms with Gasteiger partial charge in [-0.15, -0.1) is 0 Å². The summed E-state index contributed by atoms with van der Waals surface area (Å²) in [6, 6.07) is 0. The summed E-state index contributed by atoms with van der Waals surface area (Å²) in [5.41, 5.74) is 0.509. The number of nitrogens with zero attached hydrogens (tertiary/aromatic N) is 1. The summed E-state index contributed by atoms with van der Waals surface area (Å²) in [7, 11) is 1.62. The van der Waals surface area contributed by atoms with E-state index in [-0.39, 0.29) is 5.76 Å². The molecule has 0 bridgehead atoms. The van der Waals surface area contributed by atoms with E-state index in [2.05, 4.69) is 4.98 Å². The average molecular weight is 213 g/mol. The van der Waals surface area contributed by atoms with Crippen molar-refractivity contribution < 1.29 is 19.1 Å². The number of hydrogen-bond donors (Lipinski definition) is 1. The molecule has 1 N–H and O–H groups in total. The molecular weight excluding hydrogens is 198 g/mol. The van der Waals surface area contributed by atoms with E-state index in [1.165, 1.54) is 0 Å². The number of oxazole rings is 1. The largest absolute Gasteiger partial charge is 0.475 e. The predicted octanol–water partition coefficient (Wildman–Crippen LogP) is 1.51. The van der Waals surface area contributed by atoms with Gasteiger partial charge in [0.05, 0.1) is 5.69 Å². The molecule has 0 radical (unpaired) electrons. The van der Waals surface area contributed by atoms with Gasteiger partial charge in [-0.3, -0.25) is 0 Å². The Morgan fingerprint density at radius 1 is 1.60 bits per heavy atom. The van der Waals surface area contributed by atoms with E-state index in [0.717, 1.165) is 6.42 Å². The van der Waals surface area contributed by atoms with E-state index in [0.29, 0.717) is 31.0 Å². The van der Waals surface area contributed by atoms with Gasteiger partial charge in [0.1, 0.15) is 0 Å². The standard InChI is InChI=1S/C10H15NO4/c1-3-7-9(10(12)13)15-8(11-7)5-4-6-14-2/h3-6H2,1-2H3,(H,12,13). The van der Waals surface area contributed by atoms with E-state index in [9.17, 15) is 4.79 Å². The third-order valence-electron chi connectivity index (χ3n) is 2.01. The monoisotopic (exact) mass is 213 g/mol. The van der Waals surface area contributed by atoms with Gasteiger partial charge in [-0.2, -0.15) is 0 Å². The van der Waals surface area contributed by atoms with Crippen molar-refractivity contribution in [3.8, 4) is 0 Å². The summed E-state index contributed by atoms with van der Waals surface area (Å²) in [5, 5.41) is 8.82. The lowest BCUT2D eigenvalue weighted by atomic mass is 10.3. The van der Waals surface area contributed by atoms with Crippen LogP contribution in [0.1, 0.15) is 35.5 Å². The quantitative estimate of drug-likeness (QED) is 0.725. The third-order valence-corrected chi connectivity index (χ3v) is 2.01. The summed E-state index contributed by atoms with van der Waals surface area (Å²) in [5.74, 6) is -0.622. The zero-order chi connectivity index (χ0) is 11.3. The Balaban J connectivity index is 2.70. The number of methoxy groups -OCH3 is 1. The van der Waals surface area contributed by atoms with Crippen LogP contribution in [0.3, 0.4) is 0 Å². The lowest BCUT2D eigenvalue weighted by molar-refractivity contribution is 0.0658. The minimum absolute atomic E-state index is 0.0371. The number of aromatic nitrogens is 1. The van der Waals surface area contributed by atoms with E-state index in [1.807, 2.05) is 6.92 Å². The highest BCUT2D eigenvalue weighted by atomic mass is 16.5. The lowest BCUT2D eigenvalue weighted by Crippen LogP contribution is -1.98. The first kappa shape index (κ1) is 11.7. The van der Waals surface area contributed by atoms with E-state index in [4.69, 9.17) is 14.3 Å². The Labute approximate surface area is 88.1 Å². The molecule has 0 aliphatic carbocycles. The normalized spacial score (nSPS) is 10.5. The minimum atomic E-state index is -1.06. The van der Waals surface area contributed by atoms with Gasteiger partial charge in [0.2, 0.25) is 5.76 Å². The predicted molar refractivity (Wildman–Crippen MR) is 53.0 cm³/mol. The number of rotatable bonds is 6. The molecule has 0 aliphatic rings. The van der Waals surface area contributed by atoms with Gasteiger partial charge in [-0.1, -0.05) is 6.92 Å². The molecule has 5 nitrogen and oxygen atoms in total. The highest BCUT2D eigenvalue weighted by Gasteiger charge is 2.17. The van der Waals surface area contributed by atoms with Crippen molar-refractivity contribution >= 4 is 5.97 Å². The van der Waals surface area contributed by atoms with E-state index >= 15 is 0 Å². The molecule has 0 fully saturated rings. The highest BCUT2D eigenvalue weighted by Crippen LogP contribution is 2.13. The summed E-state index contributed by atoms with van der Waals surface area (Å²) in [6.07, 6.45) is 1.95. The van der Waals surface area contributed by atoms with Crippen molar-refractivity contribution in [3.63, 3.8) is 0 Å². The first-order valence-electron chi connectivity index (χ1n) is 4.89. The van der Waals surface area contributed by atoms with Crippen LogP contribution in [-0.4, -0.2) is 29.8 Å². The maximum Gasteiger partial charge on any atom is 0.373 e. The molecule has 5 heteroatoms. The molecule has 0 unspecified atom stereocenters. The molecule has 1 rings (SSSR count). The number of carboxylic acid groups (broad SMARTS) is 1. The first-order valence-corrected chi connectivity index (χ1v) is 4.89. The summed E-state index contributed by atoms with van der Waals surface area (Å²) in [6.45, 7) is 2.47. The molecule has 0 saturated heterocycles. The van der Waals surface area contributed by atoms with Crippen molar-refractivity contribution in [3.05, 3.63) is 17.3 Å². The van der Waals surface area contributed by atoms with Crippen LogP contribution in [0, 0.1) is 0 Å². The Morgan fingerprint density at radius 3 is 2.80 bits per heavy atom. The fourth-order valence-electron chi connectivity index (χ4n) is 1.28. The maximum atomic E-state index is 10.8. The fourth-order valence-corrected chi connectivity index (χ4v) is 1.28. The molecule has 0 saturated carbocycles. The molecule has 84 valence electrons. The van der Waals surface area contributed by atoms with Crippen LogP contribution in [0.2, 0.25) is 0 Å². The SMILES string of the molecule is CCc1nc(CCCOC)oc1C(=O)O. The molecule has 0 amide bonds. The molecular formula is C10H15NO4. The first-order chi connectivity index (χ1) is 7.19. The van der Waals surface area contributed by atoms with Gasteiger partial charge in [0.15, 0.2) is 5.89 Å². The second-order valence-electron chi connectivity index (χ2n) is 3.14. The molecule has 1 aromatic heterocycles. The van der Waals surface area contributed by atoms with E-state index in [1.54, 1.807) is 7.11 Å². The summed E-state index contributed by atoms with van der Waals surface area (Å²) >= 11 is 0. The van der Waals surface area contributed by atoms with Crippen LogP contribution < -0.4 is 0 Å². The topological polar surface area (TPSA) is 72.6 Å². The fraction of sp³-hybridized carbons (Fsp3) is 0.600. The van der Waals surface area contributed by atoms with Crippen molar-refractivity contribution in [2.75, 3.05) is 13.7 Å². The van der Waals surface area contributed by atoms with Gasteiger partial charge >= 0.3 is 5.97 Å². The molecule has 1 heterocycles. The van der Waals surface area contributed by atoms with Crippen molar-refractivity contribution in [1.29, 1.82) is 0 Å². The van der Waals surface area contributed by atoms with Gasteiger partial charge < -0.3 is 14.3 Å². The molecule has 0 aromatic carbocycles.